The SMILES string of the molecule is COc1cc(C=NNS(=O)(=O)c2ccc(C)cc2)ccc1OC(=O)c1cccc(F)c1. The van der Waals surface area contributed by atoms with Crippen LogP contribution in [0.2, 0.25) is 0 Å². The van der Waals surface area contributed by atoms with Crippen LogP contribution in [0.3, 0.4) is 0 Å². The highest BCUT2D eigenvalue weighted by molar-refractivity contribution is 7.89. The molecule has 0 aromatic heterocycles. The van der Waals surface area contributed by atoms with Gasteiger partial charge in [0.05, 0.1) is 23.8 Å². The Bertz CT molecular complexity index is 1220. The fourth-order valence-electron chi connectivity index (χ4n) is 2.56. The van der Waals surface area contributed by atoms with Crippen molar-refractivity contribution in [1.82, 2.24) is 4.83 Å². The number of methoxy groups -OCH3 is 1. The van der Waals surface area contributed by atoms with E-state index in [1.165, 1.54) is 55.8 Å². The van der Waals surface area contributed by atoms with E-state index in [0.29, 0.717) is 5.56 Å². The third kappa shape index (κ3) is 5.67. The first-order chi connectivity index (χ1) is 14.8. The topological polar surface area (TPSA) is 94.1 Å². The molecular formula is C22H19FN2O5S. The Balaban J connectivity index is 1.72. The zero-order valence-corrected chi connectivity index (χ0v) is 17.5. The minimum absolute atomic E-state index is 0.0539. The molecule has 3 aromatic carbocycles. The number of esters is 1. The van der Waals surface area contributed by atoms with Crippen molar-refractivity contribution >= 4 is 22.2 Å². The van der Waals surface area contributed by atoms with Gasteiger partial charge >= 0.3 is 5.97 Å². The lowest BCUT2D eigenvalue weighted by Gasteiger charge is -2.10. The molecule has 0 radical (unpaired) electrons. The monoisotopic (exact) mass is 442 g/mol. The first kappa shape index (κ1) is 22.0. The lowest BCUT2D eigenvalue weighted by atomic mass is 10.2. The van der Waals surface area contributed by atoms with Gasteiger partial charge in [-0.05, 0) is 61.0 Å². The molecule has 7 nitrogen and oxygen atoms in total. The van der Waals surface area contributed by atoms with Crippen LogP contribution in [-0.2, 0) is 10.0 Å². The Hall–Kier alpha value is -3.72. The van der Waals surface area contributed by atoms with Crippen LogP contribution in [0.4, 0.5) is 4.39 Å². The highest BCUT2D eigenvalue weighted by atomic mass is 32.2. The lowest BCUT2D eigenvalue weighted by molar-refractivity contribution is 0.0729. The molecule has 9 heteroatoms. The van der Waals surface area contributed by atoms with E-state index >= 15 is 0 Å². The van der Waals surface area contributed by atoms with Gasteiger partial charge in [0.15, 0.2) is 11.5 Å². The highest BCUT2D eigenvalue weighted by Crippen LogP contribution is 2.28. The Morgan fingerprint density at radius 3 is 2.45 bits per heavy atom. The maximum atomic E-state index is 13.3. The van der Waals surface area contributed by atoms with Gasteiger partial charge < -0.3 is 9.47 Å². The second kappa shape index (κ2) is 9.40. The molecule has 0 heterocycles. The number of benzene rings is 3. The number of aryl methyl sites for hydroxylation is 1. The van der Waals surface area contributed by atoms with Crippen molar-refractivity contribution in [2.24, 2.45) is 5.10 Å². The van der Waals surface area contributed by atoms with Crippen molar-refractivity contribution in [2.45, 2.75) is 11.8 Å². The van der Waals surface area contributed by atoms with Gasteiger partial charge in [0.2, 0.25) is 0 Å². The summed E-state index contributed by atoms with van der Waals surface area (Å²) >= 11 is 0. The number of hydrazone groups is 1. The molecule has 0 bridgehead atoms. The first-order valence-corrected chi connectivity index (χ1v) is 10.5. The number of ether oxygens (including phenoxy) is 2. The summed E-state index contributed by atoms with van der Waals surface area (Å²) in [6, 6.07) is 16.0. The van der Waals surface area contributed by atoms with Gasteiger partial charge in [-0.3, -0.25) is 0 Å². The summed E-state index contributed by atoms with van der Waals surface area (Å²) in [6.45, 7) is 1.86. The molecule has 31 heavy (non-hydrogen) atoms. The molecule has 0 aliphatic heterocycles. The smallest absolute Gasteiger partial charge is 0.343 e. The summed E-state index contributed by atoms with van der Waals surface area (Å²) in [4.78, 5) is 14.4. The number of carbonyl (C=O) groups excluding carboxylic acids is 1. The summed E-state index contributed by atoms with van der Waals surface area (Å²) in [7, 11) is -2.42. The van der Waals surface area contributed by atoms with Crippen LogP contribution < -0.4 is 14.3 Å². The van der Waals surface area contributed by atoms with Crippen LogP contribution in [-0.4, -0.2) is 27.7 Å². The van der Waals surface area contributed by atoms with E-state index in [9.17, 15) is 17.6 Å². The standard InChI is InChI=1S/C22H19FN2O5S/c1-15-6-9-19(10-7-15)31(27,28)25-24-14-16-8-11-20(21(12-16)29-2)30-22(26)17-4-3-5-18(23)13-17/h3-14,25H,1-2H3. The van der Waals surface area contributed by atoms with Gasteiger partial charge in [0, 0.05) is 0 Å². The van der Waals surface area contributed by atoms with Gasteiger partial charge in [-0.25, -0.2) is 14.0 Å². The second-order valence-corrected chi connectivity index (χ2v) is 8.14. The summed E-state index contributed by atoms with van der Waals surface area (Å²) in [5, 5.41) is 3.77. The molecule has 0 fully saturated rings. The number of nitrogens with zero attached hydrogens (tertiary/aromatic N) is 1. The summed E-state index contributed by atoms with van der Waals surface area (Å²) in [5.41, 5.74) is 1.49. The van der Waals surface area contributed by atoms with Crippen LogP contribution in [0.1, 0.15) is 21.5 Å². The van der Waals surface area contributed by atoms with Gasteiger partial charge in [0.25, 0.3) is 10.0 Å². The average Bonchev–Trinajstić information content (AvgIpc) is 2.74. The molecule has 0 amide bonds. The minimum Gasteiger partial charge on any atom is -0.493 e. The minimum atomic E-state index is -3.80. The van der Waals surface area contributed by atoms with Crippen molar-refractivity contribution in [3.05, 3.63) is 89.2 Å². The third-order valence-electron chi connectivity index (χ3n) is 4.17. The molecule has 0 aliphatic carbocycles. The maximum absolute atomic E-state index is 13.3. The van der Waals surface area contributed by atoms with Crippen molar-refractivity contribution in [3.63, 3.8) is 0 Å². The van der Waals surface area contributed by atoms with Gasteiger partial charge in [0.1, 0.15) is 5.82 Å². The number of hydrogen-bond donors (Lipinski definition) is 1. The predicted molar refractivity (Wildman–Crippen MR) is 113 cm³/mol. The van der Waals surface area contributed by atoms with E-state index < -0.39 is 21.8 Å². The number of sulfonamides is 1. The fraction of sp³-hybridized carbons (Fsp3) is 0.0909. The molecule has 160 valence electrons. The molecule has 0 spiro atoms. The molecular weight excluding hydrogens is 423 g/mol. The largest absolute Gasteiger partial charge is 0.493 e. The van der Waals surface area contributed by atoms with Crippen LogP contribution in [0.5, 0.6) is 11.5 Å². The predicted octanol–water partition coefficient (Wildman–Crippen LogP) is 3.67. The van der Waals surface area contributed by atoms with Gasteiger partial charge in [-0.2, -0.15) is 13.5 Å². The molecule has 3 aromatic rings. The zero-order valence-electron chi connectivity index (χ0n) is 16.7. The van der Waals surface area contributed by atoms with E-state index in [-0.39, 0.29) is 22.0 Å². The highest BCUT2D eigenvalue weighted by Gasteiger charge is 2.14. The van der Waals surface area contributed by atoms with Gasteiger partial charge in [-0.15, -0.1) is 0 Å². The molecule has 0 saturated heterocycles. The molecule has 1 N–H and O–H groups in total. The van der Waals surface area contributed by atoms with E-state index in [1.54, 1.807) is 18.2 Å². The third-order valence-corrected chi connectivity index (χ3v) is 5.41. The van der Waals surface area contributed by atoms with Crippen molar-refractivity contribution in [1.29, 1.82) is 0 Å². The number of halogens is 1. The van der Waals surface area contributed by atoms with E-state index in [2.05, 4.69) is 9.93 Å². The van der Waals surface area contributed by atoms with Crippen LogP contribution >= 0.6 is 0 Å². The lowest BCUT2D eigenvalue weighted by Crippen LogP contribution is -2.18. The Kier molecular flexibility index (Phi) is 6.66. The van der Waals surface area contributed by atoms with Crippen LogP contribution in [0, 0.1) is 12.7 Å². The fourth-order valence-corrected chi connectivity index (χ4v) is 3.35. The normalized spacial score (nSPS) is 11.3. The van der Waals surface area contributed by atoms with Crippen LogP contribution in [0.25, 0.3) is 0 Å². The summed E-state index contributed by atoms with van der Waals surface area (Å²) in [5.74, 6) is -0.963. The quantitative estimate of drug-likeness (QED) is 0.261. The van der Waals surface area contributed by atoms with Crippen LogP contribution in [0.15, 0.2) is 76.7 Å². The Morgan fingerprint density at radius 2 is 1.77 bits per heavy atom. The summed E-state index contributed by atoms with van der Waals surface area (Å²) in [6.07, 6.45) is 1.28. The zero-order chi connectivity index (χ0) is 22.4. The average molecular weight is 442 g/mol. The molecule has 0 unspecified atom stereocenters. The molecule has 0 atom stereocenters. The van der Waals surface area contributed by atoms with Crippen molar-refractivity contribution in [2.75, 3.05) is 7.11 Å². The second-order valence-electron chi connectivity index (χ2n) is 6.48. The first-order valence-electron chi connectivity index (χ1n) is 9.06. The summed E-state index contributed by atoms with van der Waals surface area (Å²) < 4.78 is 48.3. The van der Waals surface area contributed by atoms with Gasteiger partial charge in [-0.1, -0.05) is 23.8 Å². The maximum Gasteiger partial charge on any atom is 0.343 e. The van der Waals surface area contributed by atoms with E-state index in [1.807, 2.05) is 6.92 Å². The molecule has 0 aliphatic rings. The number of rotatable bonds is 7. The number of hydrogen-bond acceptors (Lipinski definition) is 6. The van der Waals surface area contributed by atoms with E-state index in [0.717, 1.165) is 11.6 Å². The number of carbonyl (C=O) groups is 1. The van der Waals surface area contributed by atoms with Crippen molar-refractivity contribution < 1.29 is 27.1 Å². The Morgan fingerprint density at radius 1 is 1.03 bits per heavy atom. The molecule has 0 saturated carbocycles. The Labute approximate surface area is 179 Å². The number of nitrogens with one attached hydrogen (secondary N) is 1. The van der Waals surface area contributed by atoms with Crippen molar-refractivity contribution in [3.8, 4) is 11.5 Å². The van der Waals surface area contributed by atoms with E-state index in [4.69, 9.17) is 9.47 Å². The molecule has 3 rings (SSSR count).